The standard InChI is InChI=1S/C14H22N2O3S/c1-4-9(3)12(13(17)18)16-14(19)15-8-11-7-6-10(5-2)20-11/h6-7,9,12H,4-5,8H2,1-3H3,(H,17,18)(H2,15,16,19). The van der Waals surface area contributed by atoms with Crippen LogP contribution in [-0.4, -0.2) is 23.1 Å². The Balaban J connectivity index is 2.47. The Morgan fingerprint density at radius 3 is 2.45 bits per heavy atom. The minimum Gasteiger partial charge on any atom is -0.480 e. The van der Waals surface area contributed by atoms with Crippen LogP contribution in [-0.2, 0) is 17.8 Å². The summed E-state index contributed by atoms with van der Waals surface area (Å²) in [7, 11) is 0. The van der Waals surface area contributed by atoms with Gasteiger partial charge in [-0.25, -0.2) is 9.59 Å². The van der Waals surface area contributed by atoms with Crippen molar-refractivity contribution in [3.8, 4) is 0 Å². The quantitative estimate of drug-likeness (QED) is 0.724. The Morgan fingerprint density at radius 2 is 1.95 bits per heavy atom. The van der Waals surface area contributed by atoms with Gasteiger partial charge in [0.15, 0.2) is 0 Å². The topological polar surface area (TPSA) is 78.4 Å². The first-order valence-corrected chi connectivity index (χ1v) is 7.64. The maximum atomic E-state index is 11.7. The van der Waals surface area contributed by atoms with Gasteiger partial charge in [0, 0.05) is 9.75 Å². The molecule has 112 valence electrons. The average molecular weight is 298 g/mol. The van der Waals surface area contributed by atoms with Crippen LogP contribution in [0.5, 0.6) is 0 Å². The molecule has 1 rings (SSSR count). The highest BCUT2D eigenvalue weighted by Gasteiger charge is 2.25. The summed E-state index contributed by atoms with van der Waals surface area (Å²) in [6.07, 6.45) is 1.67. The first kappa shape index (κ1) is 16.5. The number of thiophene rings is 1. The van der Waals surface area contributed by atoms with Crippen molar-refractivity contribution in [2.45, 2.75) is 46.2 Å². The van der Waals surface area contributed by atoms with E-state index in [1.165, 1.54) is 4.88 Å². The zero-order valence-corrected chi connectivity index (χ0v) is 12.9. The molecule has 2 amide bonds. The number of nitrogens with one attached hydrogen (secondary N) is 2. The lowest BCUT2D eigenvalue weighted by Crippen LogP contribution is -2.48. The van der Waals surface area contributed by atoms with Crippen LogP contribution in [0.25, 0.3) is 0 Å². The Kier molecular flexibility index (Phi) is 6.51. The van der Waals surface area contributed by atoms with Gasteiger partial charge in [0.2, 0.25) is 0 Å². The third-order valence-electron chi connectivity index (χ3n) is 3.25. The van der Waals surface area contributed by atoms with Gasteiger partial charge in [-0.05, 0) is 24.5 Å². The average Bonchev–Trinajstić information content (AvgIpc) is 2.89. The summed E-state index contributed by atoms with van der Waals surface area (Å²) in [5.41, 5.74) is 0. The lowest BCUT2D eigenvalue weighted by atomic mass is 9.99. The molecule has 0 radical (unpaired) electrons. The SMILES string of the molecule is CCc1ccc(CNC(=O)NC(C(=O)O)C(C)CC)s1. The van der Waals surface area contributed by atoms with Gasteiger partial charge >= 0.3 is 12.0 Å². The van der Waals surface area contributed by atoms with Crippen molar-refractivity contribution >= 4 is 23.3 Å². The molecule has 1 heterocycles. The maximum Gasteiger partial charge on any atom is 0.326 e. The molecule has 0 bridgehead atoms. The number of aryl methyl sites for hydroxylation is 1. The first-order valence-electron chi connectivity index (χ1n) is 6.82. The second kappa shape index (κ2) is 7.89. The van der Waals surface area contributed by atoms with Gasteiger partial charge in [0.1, 0.15) is 6.04 Å². The molecule has 2 unspecified atom stereocenters. The number of hydrogen-bond acceptors (Lipinski definition) is 3. The van der Waals surface area contributed by atoms with E-state index in [2.05, 4.69) is 17.6 Å². The molecule has 3 N–H and O–H groups in total. The van der Waals surface area contributed by atoms with E-state index in [9.17, 15) is 9.59 Å². The summed E-state index contributed by atoms with van der Waals surface area (Å²) in [6, 6.07) is 2.73. The van der Waals surface area contributed by atoms with Crippen LogP contribution >= 0.6 is 11.3 Å². The molecular weight excluding hydrogens is 276 g/mol. The van der Waals surface area contributed by atoms with Gasteiger partial charge in [-0.3, -0.25) is 0 Å². The van der Waals surface area contributed by atoms with Gasteiger partial charge in [-0.2, -0.15) is 0 Å². The lowest BCUT2D eigenvalue weighted by Gasteiger charge is -2.20. The molecule has 0 aliphatic heterocycles. The summed E-state index contributed by atoms with van der Waals surface area (Å²) in [5, 5.41) is 14.3. The largest absolute Gasteiger partial charge is 0.480 e. The van der Waals surface area contributed by atoms with E-state index in [-0.39, 0.29) is 5.92 Å². The number of aliphatic carboxylic acids is 1. The number of urea groups is 1. The van der Waals surface area contributed by atoms with Gasteiger partial charge in [0.05, 0.1) is 6.54 Å². The molecule has 0 saturated carbocycles. The van der Waals surface area contributed by atoms with Gasteiger partial charge in [0.25, 0.3) is 0 Å². The fourth-order valence-corrected chi connectivity index (χ4v) is 2.65. The lowest BCUT2D eigenvalue weighted by molar-refractivity contribution is -0.140. The molecule has 2 atom stereocenters. The molecule has 1 aromatic rings. The van der Waals surface area contributed by atoms with E-state index >= 15 is 0 Å². The highest BCUT2D eigenvalue weighted by molar-refractivity contribution is 7.11. The Hall–Kier alpha value is -1.56. The number of amides is 2. The fraction of sp³-hybridized carbons (Fsp3) is 0.571. The molecular formula is C14H22N2O3S. The number of carboxylic acid groups (broad SMARTS) is 1. The van der Waals surface area contributed by atoms with Crippen molar-refractivity contribution in [2.24, 2.45) is 5.92 Å². The van der Waals surface area contributed by atoms with Crippen LogP contribution in [0, 0.1) is 5.92 Å². The smallest absolute Gasteiger partial charge is 0.326 e. The number of carbonyl (C=O) groups is 2. The Labute approximate surface area is 123 Å². The normalized spacial score (nSPS) is 13.6. The zero-order chi connectivity index (χ0) is 15.1. The van der Waals surface area contributed by atoms with Crippen molar-refractivity contribution in [2.75, 3.05) is 0 Å². The maximum absolute atomic E-state index is 11.7. The van der Waals surface area contributed by atoms with Crippen molar-refractivity contribution in [3.05, 3.63) is 21.9 Å². The molecule has 0 saturated heterocycles. The number of rotatable bonds is 7. The molecule has 6 heteroatoms. The zero-order valence-electron chi connectivity index (χ0n) is 12.1. The van der Waals surface area contributed by atoms with E-state index in [4.69, 9.17) is 5.11 Å². The minimum atomic E-state index is -1.00. The summed E-state index contributed by atoms with van der Waals surface area (Å²) in [4.78, 5) is 25.2. The summed E-state index contributed by atoms with van der Waals surface area (Å²) in [6.45, 7) is 6.21. The third kappa shape index (κ3) is 4.85. The fourth-order valence-electron chi connectivity index (χ4n) is 1.75. The van der Waals surface area contributed by atoms with Crippen LogP contribution in [0.3, 0.4) is 0 Å². The number of hydrogen-bond donors (Lipinski definition) is 3. The van der Waals surface area contributed by atoms with E-state index < -0.39 is 18.0 Å². The number of carbonyl (C=O) groups excluding carboxylic acids is 1. The number of carboxylic acids is 1. The van der Waals surface area contributed by atoms with E-state index in [1.54, 1.807) is 11.3 Å². The minimum absolute atomic E-state index is 0.105. The van der Waals surface area contributed by atoms with Gasteiger partial charge in [-0.1, -0.05) is 27.2 Å². The van der Waals surface area contributed by atoms with Crippen LogP contribution in [0.4, 0.5) is 4.79 Å². The second-order valence-corrected chi connectivity index (χ2v) is 6.00. The highest BCUT2D eigenvalue weighted by atomic mass is 32.1. The van der Waals surface area contributed by atoms with Crippen molar-refractivity contribution < 1.29 is 14.7 Å². The van der Waals surface area contributed by atoms with Crippen LogP contribution in [0.2, 0.25) is 0 Å². The van der Waals surface area contributed by atoms with Gasteiger partial charge in [-0.15, -0.1) is 11.3 Å². The first-order chi connectivity index (χ1) is 9.47. The summed E-state index contributed by atoms with van der Waals surface area (Å²) in [5.74, 6) is -1.11. The van der Waals surface area contributed by atoms with E-state index in [0.717, 1.165) is 11.3 Å². The second-order valence-electron chi connectivity index (χ2n) is 4.75. The van der Waals surface area contributed by atoms with Crippen molar-refractivity contribution in [3.63, 3.8) is 0 Å². The van der Waals surface area contributed by atoms with Crippen LogP contribution in [0.1, 0.15) is 36.9 Å². The molecule has 0 fully saturated rings. The van der Waals surface area contributed by atoms with Gasteiger partial charge < -0.3 is 15.7 Å². The predicted octanol–water partition coefficient (Wildman–Crippen LogP) is 2.61. The highest BCUT2D eigenvalue weighted by Crippen LogP contribution is 2.16. The van der Waals surface area contributed by atoms with Crippen LogP contribution in [0.15, 0.2) is 12.1 Å². The summed E-state index contributed by atoms with van der Waals surface area (Å²) >= 11 is 1.65. The Morgan fingerprint density at radius 1 is 1.30 bits per heavy atom. The summed E-state index contributed by atoms with van der Waals surface area (Å²) < 4.78 is 0. The molecule has 0 aliphatic rings. The monoisotopic (exact) mass is 298 g/mol. The Bertz CT molecular complexity index is 459. The molecule has 0 spiro atoms. The molecule has 0 aliphatic carbocycles. The molecule has 5 nitrogen and oxygen atoms in total. The van der Waals surface area contributed by atoms with Crippen molar-refractivity contribution in [1.29, 1.82) is 0 Å². The van der Waals surface area contributed by atoms with Crippen LogP contribution < -0.4 is 10.6 Å². The van der Waals surface area contributed by atoms with Crippen molar-refractivity contribution in [1.82, 2.24) is 10.6 Å². The molecule has 0 aromatic carbocycles. The predicted molar refractivity (Wildman–Crippen MR) is 79.9 cm³/mol. The third-order valence-corrected chi connectivity index (χ3v) is 4.48. The molecule has 20 heavy (non-hydrogen) atoms. The molecule has 1 aromatic heterocycles. The van der Waals surface area contributed by atoms with E-state index in [1.807, 2.05) is 26.0 Å². The van der Waals surface area contributed by atoms with E-state index in [0.29, 0.717) is 13.0 Å².